The van der Waals surface area contributed by atoms with Crippen molar-refractivity contribution in [3.8, 4) is 0 Å². The van der Waals surface area contributed by atoms with Crippen LogP contribution in [0, 0.1) is 11.6 Å². The lowest BCUT2D eigenvalue weighted by atomic mass is 9.94. The minimum absolute atomic E-state index is 0.0365. The molecular weight excluding hydrogens is 366 g/mol. The zero-order valence-electron chi connectivity index (χ0n) is 14.1. The third kappa shape index (κ3) is 4.81. The Morgan fingerprint density at radius 2 is 1.96 bits per heavy atom. The van der Waals surface area contributed by atoms with Gasteiger partial charge in [-0.1, -0.05) is 0 Å². The molecule has 4 N–H and O–H groups in total. The molecule has 7 nitrogen and oxygen atoms in total. The van der Waals surface area contributed by atoms with Crippen molar-refractivity contribution in [1.82, 2.24) is 9.71 Å². The van der Waals surface area contributed by atoms with E-state index in [1.807, 2.05) is 0 Å². The Labute approximate surface area is 149 Å². The first kappa shape index (κ1) is 19.9. The number of sulfonamides is 1. The first-order valence-corrected chi connectivity index (χ1v) is 9.12. The van der Waals surface area contributed by atoms with Crippen molar-refractivity contribution in [3.05, 3.63) is 59.4 Å². The molecular formula is C16H18F2N4O3S. The van der Waals surface area contributed by atoms with Crippen LogP contribution in [0.25, 0.3) is 0 Å². The summed E-state index contributed by atoms with van der Waals surface area (Å²) in [7, 11) is -2.47. The molecule has 2 rings (SSSR count). The highest BCUT2D eigenvalue weighted by Crippen LogP contribution is 2.26. The van der Waals surface area contributed by atoms with Crippen LogP contribution >= 0.6 is 0 Å². The van der Waals surface area contributed by atoms with E-state index in [0.717, 1.165) is 18.3 Å². The van der Waals surface area contributed by atoms with E-state index in [2.05, 4.69) is 15.0 Å². The first-order chi connectivity index (χ1) is 12.0. The quantitative estimate of drug-likeness (QED) is 0.695. The van der Waals surface area contributed by atoms with Gasteiger partial charge in [0.2, 0.25) is 10.0 Å². The SMILES string of the molecule is CNS(=O)(=O)CC(C)(N)c1cc(NC(=O)c2ccc(F)cn2)ccc1F. The van der Waals surface area contributed by atoms with E-state index in [1.165, 1.54) is 32.2 Å². The summed E-state index contributed by atoms with van der Waals surface area (Å²) >= 11 is 0. The number of hydrogen-bond acceptors (Lipinski definition) is 5. The van der Waals surface area contributed by atoms with E-state index < -0.39 is 38.9 Å². The molecule has 1 aromatic carbocycles. The molecule has 1 unspecified atom stereocenters. The number of nitrogens with one attached hydrogen (secondary N) is 2. The minimum Gasteiger partial charge on any atom is -0.321 e. The molecule has 0 fully saturated rings. The summed E-state index contributed by atoms with van der Waals surface area (Å²) in [5.41, 5.74) is 4.53. The van der Waals surface area contributed by atoms with E-state index in [9.17, 15) is 22.0 Å². The summed E-state index contributed by atoms with van der Waals surface area (Å²) in [5, 5.41) is 2.48. The van der Waals surface area contributed by atoms with E-state index >= 15 is 0 Å². The fourth-order valence-corrected chi connectivity index (χ4v) is 3.38. The highest BCUT2D eigenvalue weighted by Gasteiger charge is 2.31. The molecule has 26 heavy (non-hydrogen) atoms. The van der Waals surface area contributed by atoms with Crippen LogP contribution in [0.3, 0.4) is 0 Å². The molecule has 1 heterocycles. The molecule has 0 radical (unpaired) electrons. The molecule has 2 aromatic rings. The highest BCUT2D eigenvalue weighted by atomic mass is 32.2. The Hall–Kier alpha value is -2.43. The number of rotatable bonds is 6. The second-order valence-corrected chi connectivity index (χ2v) is 7.82. The first-order valence-electron chi connectivity index (χ1n) is 7.47. The molecule has 0 aliphatic carbocycles. The Kier molecular flexibility index (Phi) is 5.69. The van der Waals surface area contributed by atoms with Gasteiger partial charge in [-0.3, -0.25) is 4.79 Å². The van der Waals surface area contributed by atoms with Crippen molar-refractivity contribution in [1.29, 1.82) is 0 Å². The van der Waals surface area contributed by atoms with E-state index in [1.54, 1.807) is 0 Å². The number of halogens is 2. The monoisotopic (exact) mass is 384 g/mol. The van der Waals surface area contributed by atoms with E-state index in [-0.39, 0.29) is 16.9 Å². The lowest BCUT2D eigenvalue weighted by Gasteiger charge is -2.25. The van der Waals surface area contributed by atoms with E-state index in [0.29, 0.717) is 0 Å². The van der Waals surface area contributed by atoms with Gasteiger partial charge in [0.25, 0.3) is 5.91 Å². The maximum absolute atomic E-state index is 14.2. The fourth-order valence-electron chi connectivity index (χ4n) is 2.29. The number of anilines is 1. The lowest BCUT2D eigenvalue weighted by molar-refractivity contribution is 0.102. The molecule has 0 spiro atoms. The van der Waals surface area contributed by atoms with Crippen molar-refractivity contribution in [2.24, 2.45) is 5.73 Å². The van der Waals surface area contributed by atoms with Gasteiger partial charge in [0.1, 0.15) is 17.3 Å². The standard InChI is InChI=1S/C16H18F2N4O3S/c1-16(19,9-26(24,25)20-2)12-7-11(4-5-13(12)18)22-15(23)14-6-3-10(17)8-21-14/h3-8,20H,9,19H2,1-2H3,(H,22,23). The van der Waals surface area contributed by atoms with Gasteiger partial charge in [-0.25, -0.2) is 26.9 Å². The third-order valence-corrected chi connectivity index (χ3v) is 5.20. The molecule has 0 bridgehead atoms. The number of carbonyl (C=O) groups is 1. The number of aromatic nitrogens is 1. The smallest absolute Gasteiger partial charge is 0.274 e. The van der Waals surface area contributed by atoms with Crippen LogP contribution in [0.5, 0.6) is 0 Å². The maximum atomic E-state index is 14.2. The fraction of sp³-hybridized carbons (Fsp3) is 0.250. The zero-order valence-corrected chi connectivity index (χ0v) is 14.9. The number of carbonyl (C=O) groups excluding carboxylic acids is 1. The topological polar surface area (TPSA) is 114 Å². The predicted octanol–water partition coefficient (Wildman–Crippen LogP) is 1.34. The second-order valence-electron chi connectivity index (χ2n) is 5.89. The van der Waals surface area contributed by atoms with Crippen LogP contribution in [0.2, 0.25) is 0 Å². The molecule has 0 aliphatic heterocycles. The van der Waals surface area contributed by atoms with Crippen molar-refractivity contribution >= 4 is 21.6 Å². The lowest BCUT2D eigenvalue weighted by Crippen LogP contribution is -2.44. The Morgan fingerprint density at radius 3 is 2.54 bits per heavy atom. The van der Waals surface area contributed by atoms with Crippen molar-refractivity contribution in [3.63, 3.8) is 0 Å². The number of hydrogen-bond donors (Lipinski definition) is 3. The number of amides is 1. The van der Waals surface area contributed by atoms with Gasteiger partial charge in [-0.15, -0.1) is 0 Å². The Balaban J connectivity index is 2.29. The van der Waals surface area contributed by atoms with E-state index in [4.69, 9.17) is 5.73 Å². The third-order valence-electron chi connectivity index (χ3n) is 3.60. The predicted molar refractivity (Wildman–Crippen MR) is 92.9 cm³/mol. The number of pyridine rings is 1. The highest BCUT2D eigenvalue weighted by molar-refractivity contribution is 7.89. The molecule has 10 heteroatoms. The summed E-state index contributed by atoms with van der Waals surface area (Å²) < 4.78 is 52.7. The largest absolute Gasteiger partial charge is 0.321 e. The van der Waals surface area contributed by atoms with Gasteiger partial charge in [-0.05, 0) is 44.3 Å². The number of nitrogens with zero attached hydrogens (tertiary/aromatic N) is 1. The Morgan fingerprint density at radius 1 is 1.27 bits per heavy atom. The van der Waals surface area contributed by atoms with Crippen LogP contribution in [0.1, 0.15) is 23.0 Å². The molecule has 0 saturated heterocycles. The molecule has 0 saturated carbocycles. The van der Waals surface area contributed by atoms with Crippen LogP contribution in [-0.2, 0) is 15.6 Å². The van der Waals surface area contributed by atoms with Crippen LogP contribution in [-0.4, -0.2) is 32.1 Å². The van der Waals surface area contributed by atoms with Gasteiger partial charge in [0.15, 0.2) is 0 Å². The average Bonchev–Trinajstić information content (AvgIpc) is 2.56. The summed E-state index contributed by atoms with van der Waals surface area (Å²) in [6.45, 7) is 1.37. The molecule has 140 valence electrons. The summed E-state index contributed by atoms with van der Waals surface area (Å²) in [6, 6.07) is 5.89. The van der Waals surface area contributed by atoms with Crippen molar-refractivity contribution in [2.75, 3.05) is 18.1 Å². The number of nitrogens with two attached hydrogens (primary N) is 1. The van der Waals surface area contributed by atoms with Crippen LogP contribution < -0.4 is 15.8 Å². The van der Waals surface area contributed by atoms with Crippen molar-refractivity contribution < 1.29 is 22.0 Å². The van der Waals surface area contributed by atoms with Crippen LogP contribution in [0.15, 0.2) is 36.5 Å². The normalized spacial score (nSPS) is 13.9. The van der Waals surface area contributed by atoms with Gasteiger partial charge in [0.05, 0.1) is 17.5 Å². The summed E-state index contributed by atoms with van der Waals surface area (Å²) in [6.07, 6.45) is 0.893. The molecule has 0 aliphatic rings. The average molecular weight is 384 g/mol. The van der Waals surface area contributed by atoms with Crippen LogP contribution in [0.4, 0.5) is 14.5 Å². The molecule has 1 atom stereocenters. The molecule has 1 aromatic heterocycles. The maximum Gasteiger partial charge on any atom is 0.274 e. The van der Waals surface area contributed by atoms with Gasteiger partial charge >= 0.3 is 0 Å². The zero-order chi connectivity index (χ0) is 19.5. The minimum atomic E-state index is -3.70. The Bertz CT molecular complexity index is 916. The number of benzene rings is 1. The van der Waals surface area contributed by atoms with Gasteiger partial charge in [0, 0.05) is 11.3 Å². The van der Waals surface area contributed by atoms with Gasteiger partial charge in [-0.2, -0.15) is 0 Å². The molecule has 1 amide bonds. The summed E-state index contributed by atoms with van der Waals surface area (Å²) in [4.78, 5) is 15.8. The van der Waals surface area contributed by atoms with Gasteiger partial charge < -0.3 is 11.1 Å². The van der Waals surface area contributed by atoms with Crippen molar-refractivity contribution in [2.45, 2.75) is 12.5 Å². The second kappa shape index (κ2) is 7.44. The summed E-state index contributed by atoms with van der Waals surface area (Å²) in [5.74, 6) is -2.48.